The predicted molar refractivity (Wildman–Crippen MR) is 138 cm³/mol. The van der Waals surface area contributed by atoms with Crippen molar-refractivity contribution in [1.29, 1.82) is 0 Å². The standard InChI is InChI=1S/C27H43N3O6/c1-10-27(8,9)30(20(31)17-29-25(34)36-26(5,6)7)23(22-18(3)13-12-14-19(22)4)24(33)28-16-15-21(32)35-11-2/h12-14,23H,10-11,15-17H2,1-9H3,(H,28,33)(H,29,34). The van der Waals surface area contributed by atoms with E-state index in [0.29, 0.717) is 12.0 Å². The molecule has 0 aliphatic heterocycles. The molecule has 1 rings (SSSR count). The zero-order valence-corrected chi connectivity index (χ0v) is 23.2. The number of alkyl carbamates (subject to hydrolysis) is 1. The first kappa shape index (κ1) is 30.9. The van der Waals surface area contributed by atoms with E-state index >= 15 is 0 Å². The summed E-state index contributed by atoms with van der Waals surface area (Å²) in [4.78, 5) is 52.8. The van der Waals surface area contributed by atoms with Gasteiger partial charge >= 0.3 is 12.1 Å². The van der Waals surface area contributed by atoms with Crippen molar-refractivity contribution in [3.8, 4) is 0 Å². The van der Waals surface area contributed by atoms with Crippen LogP contribution in [0.5, 0.6) is 0 Å². The van der Waals surface area contributed by atoms with Gasteiger partial charge in [0.25, 0.3) is 0 Å². The topological polar surface area (TPSA) is 114 Å². The molecule has 0 radical (unpaired) electrons. The third-order valence-electron chi connectivity index (χ3n) is 5.82. The maximum Gasteiger partial charge on any atom is 0.408 e. The van der Waals surface area contributed by atoms with Gasteiger partial charge in [-0.3, -0.25) is 14.4 Å². The third-order valence-corrected chi connectivity index (χ3v) is 5.82. The molecule has 1 aromatic carbocycles. The van der Waals surface area contributed by atoms with Gasteiger partial charge in [0, 0.05) is 12.1 Å². The van der Waals surface area contributed by atoms with Crippen molar-refractivity contribution in [2.24, 2.45) is 0 Å². The first-order valence-electron chi connectivity index (χ1n) is 12.4. The van der Waals surface area contributed by atoms with E-state index in [-0.39, 0.29) is 26.1 Å². The highest BCUT2D eigenvalue weighted by Crippen LogP contribution is 2.34. The summed E-state index contributed by atoms with van der Waals surface area (Å²) in [6.07, 6.45) is -0.139. The molecule has 0 bridgehead atoms. The summed E-state index contributed by atoms with van der Waals surface area (Å²) in [6.45, 7) is 16.4. The van der Waals surface area contributed by atoms with Crippen LogP contribution in [0.4, 0.5) is 4.79 Å². The van der Waals surface area contributed by atoms with Crippen LogP contribution in [0, 0.1) is 13.8 Å². The number of hydrogen-bond donors (Lipinski definition) is 2. The lowest BCUT2D eigenvalue weighted by atomic mass is 9.89. The van der Waals surface area contributed by atoms with Crippen LogP contribution in [-0.2, 0) is 23.9 Å². The summed E-state index contributed by atoms with van der Waals surface area (Å²) in [6, 6.07) is 4.70. The van der Waals surface area contributed by atoms with Crippen LogP contribution in [0.2, 0.25) is 0 Å². The van der Waals surface area contributed by atoms with E-state index in [2.05, 4.69) is 10.6 Å². The lowest BCUT2D eigenvalue weighted by Crippen LogP contribution is -2.56. The van der Waals surface area contributed by atoms with E-state index in [9.17, 15) is 19.2 Å². The minimum atomic E-state index is -0.976. The van der Waals surface area contributed by atoms with Crippen LogP contribution >= 0.6 is 0 Å². The first-order valence-corrected chi connectivity index (χ1v) is 12.4. The van der Waals surface area contributed by atoms with Crippen LogP contribution in [0.25, 0.3) is 0 Å². The van der Waals surface area contributed by atoms with E-state index < -0.39 is 41.1 Å². The Morgan fingerprint density at radius 3 is 2.06 bits per heavy atom. The zero-order valence-electron chi connectivity index (χ0n) is 23.2. The number of amides is 3. The van der Waals surface area contributed by atoms with Crippen molar-refractivity contribution >= 4 is 23.9 Å². The fourth-order valence-corrected chi connectivity index (χ4v) is 3.80. The van der Waals surface area contributed by atoms with Crippen molar-refractivity contribution in [3.63, 3.8) is 0 Å². The smallest absolute Gasteiger partial charge is 0.408 e. The van der Waals surface area contributed by atoms with Gasteiger partial charge in [-0.2, -0.15) is 0 Å². The van der Waals surface area contributed by atoms with E-state index in [0.717, 1.165) is 11.1 Å². The monoisotopic (exact) mass is 505 g/mol. The fourth-order valence-electron chi connectivity index (χ4n) is 3.80. The molecular formula is C27H43N3O6. The quantitative estimate of drug-likeness (QED) is 0.440. The number of benzene rings is 1. The van der Waals surface area contributed by atoms with Crippen molar-refractivity contribution < 1.29 is 28.7 Å². The number of hydrogen-bond acceptors (Lipinski definition) is 6. The minimum absolute atomic E-state index is 0.0182. The Kier molecular flexibility index (Phi) is 11.4. The number of carbonyl (C=O) groups excluding carboxylic acids is 4. The van der Waals surface area contributed by atoms with Gasteiger partial charge in [-0.05, 0) is 78.5 Å². The van der Waals surface area contributed by atoms with E-state index in [1.807, 2.05) is 52.8 Å². The Morgan fingerprint density at radius 2 is 1.56 bits per heavy atom. The maximum atomic E-state index is 13.7. The van der Waals surface area contributed by atoms with Gasteiger partial charge in [0.05, 0.1) is 13.0 Å². The molecule has 1 unspecified atom stereocenters. The highest BCUT2D eigenvalue weighted by atomic mass is 16.6. The van der Waals surface area contributed by atoms with Gasteiger partial charge in [0.15, 0.2) is 0 Å². The van der Waals surface area contributed by atoms with Crippen molar-refractivity contribution in [3.05, 3.63) is 34.9 Å². The molecule has 1 atom stereocenters. The highest BCUT2D eigenvalue weighted by Gasteiger charge is 2.41. The highest BCUT2D eigenvalue weighted by molar-refractivity contribution is 5.91. The number of nitrogens with zero attached hydrogens (tertiary/aromatic N) is 1. The predicted octanol–water partition coefficient (Wildman–Crippen LogP) is 3.96. The van der Waals surface area contributed by atoms with Crippen molar-refractivity contribution in [1.82, 2.24) is 15.5 Å². The summed E-state index contributed by atoms with van der Waals surface area (Å²) in [5, 5.41) is 5.32. The molecule has 0 aliphatic carbocycles. The van der Waals surface area contributed by atoms with Crippen LogP contribution in [0.3, 0.4) is 0 Å². The van der Waals surface area contributed by atoms with Crippen LogP contribution in [0.1, 0.15) is 84.0 Å². The van der Waals surface area contributed by atoms with Crippen molar-refractivity contribution in [2.45, 2.75) is 92.3 Å². The van der Waals surface area contributed by atoms with Gasteiger partial charge in [0.2, 0.25) is 11.8 Å². The lowest BCUT2D eigenvalue weighted by molar-refractivity contribution is -0.147. The van der Waals surface area contributed by atoms with E-state index in [4.69, 9.17) is 9.47 Å². The number of nitrogens with one attached hydrogen (secondary N) is 2. The molecule has 0 heterocycles. The van der Waals surface area contributed by atoms with Gasteiger partial charge < -0.3 is 25.0 Å². The molecular weight excluding hydrogens is 462 g/mol. The second-order valence-corrected chi connectivity index (χ2v) is 10.3. The van der Waals surface area contributed by atoms with Gasteiger partial charge in [-0.25, -0.2) is 4.79 Å². The number of rotatable bonds is 11. The Balaban J connectivity index is 3.39. The van der Waals surface area contributed by atoms with Gasteiger partial charge in [-0.15, -0.1) is 0 Å². The summed E-state index contributed by atoms with van der Waals surface area (Å²) in [5.41, 5.74) is 0.966. The zero-order chi connectivity index (χ0) is 27.7. The normalized spacial score (nSPS) is 12.4. The third kappa shape index (κ3) is 9.17. The SMILES string of the molecule is CCOC(=O)CCNC(=O)C(c1c(C)cccc1C)N(C(=O)CNC(=O)OC(C)(C)C)C(C)(C)CC. The average molecular weight is 506 g/mol. The Morgan fingerprint density at radius 1 is 0.972 bits per heavy atom. The number of ether oxygens (including phenoxy) is 2. The molecule has 0 fully saturated rings. The lowest BCUT2D eigenvalue weighted by Gasteiger charge is -2.44. The molecule has 9 nitrogen and oxygen atoms in total. The molecule has 0 saturated carbocycles. The summed E-state index contributed by atoms with van der Waals surface area (Å²) in [5.74, 6) is -1.26. The fraction of sp³-hybridized carbons (Fsp3) is 0.630. The molecule has 9 heteroatoms. The van der Waals surface area contributed by atoms with Crippen molar-refractivity contribution in [2.75, 3.05) is 19.7 Å². The van der Waals surface area contributed by atoms with Crippen LogP contribution in [0.15, 0.2) is 18.2 Å². The molecule has 0 spiro atoms. The molecule has 3 amide bonds. The maximum absolute atomic E-state index is 13.7. The first-order chi connectivity index (χ1) is 16.6. The van der Waals surface area contributed by atoms with Crippen LogP contribution in [-0.4, -0.2) is 59.6 Å². The Bertz CT molecular complexity index is 916. The van der Waals surface area contributed by atoms with E-state index in [1.165, 1.54) is 4.90 Å². The molecule has 0 aromatic heterocycles. The summed E-state index contributed by atoms with van der Waals surface area (Å²) >= 11 is 0. The number of carbonyl (C=O) groups is 4. The van der Waals surface area contributed by atoms with Crippen LogP contribution < -0.4 is 10.6 Å². The molecule has 202 valence electrons. The second kappa shape index (κ2) is 13.3. The number of esters is 1. The second-order valence-electron chi connectivity index (χ2n) is 10.3. The largest absolute Gasteiger partial charge is 0.466 e. The molecule has 1 aromatic rings. The van der Waals surface area contributed by atoms with E-state index in [1.54, 1.807) is 27.7 Å². The number of aryl methyl sites for hydroxylation is 2. The molecule has 2 N–H and O–H groups in total. The molecule has 0 saturated heterocycles. The van der Waals surface area contributed by atoms with Gasteiger partial charge in [-0.1, -0.05) is 25.1 Å². The Hall–Kier alpha value is -3.10. The van der Waals surface area contributed by atoms with Gasteiger partial charge in [0.1, 0.15) is 18.2 Å². The average Bonchev–Trinajstić information content (AvgIpc) is 2.75. The minimum Gasteiger partial charge on any atom is -0.466 e. The summed E-state index contributed by atoms with van der Waals surface area (Å²) < 4.78 is 10.2. The summed E-state index contributed by atoms with van der Waals surface area (Å²) in [7, 11) is 0. The Labute approximate surface area is 215 Å². The molecule has 0 aliphatic rings. The molecule has 36 heavy (non-hydrogen) atoms.